The predicted octanol–water partition coefficient (Wildman–Crippen LogP) is 0.115. The number of rotatable bonds is 5. The Morgan fingerprint density at radius 3 is 2.79 bits per heavy atom. The molecule has 1 atom stereocenters. The first-order valence-electron chi connectivity index (χ1n) is 6.90. The van der Waals surface area contributed by atoms with Gasteiger partial charge >= 0.3 is 5.97 Å². The Morgan fingerprint density at radius 1 is 1.26 bits per heavy atom. The topological polar surface area (TPSA) is 84.5 Å². The lowest BCUT2D eigenvalue weighted by Crippen LogP contribution is -2.46. The third kappa shape index (κ3) is 4.54. The molecule has 1 aliphatic carbocycles. The summed E-state index contributed by atoms with van der Waals surface area (Å²) in [6, 6.07) is -0.450. The molecule has 0 radical (unpaired) electrons. The van der Waals surface area contributed by atoms with Gasteiger partial charge < -0.3 is 15.4 Å². The van der Waals surface area contributed by atoms with Crippen molar-refractivity contribution in [2.24, 2.45) is 5.92 Å². The monoisotopic (exact) mass is 268 g/mol. The van der Waals surface area contributed by atoms with Crippen LogP contribution in [0.4, 0.5) is 0 Å². The van der Waals surface area contributed by atoms with Crippen molar-refractivity contribution in [2.45, 2.75) is 44.6 Å². The van der Waals surface area contributed by atoms with Crippen molar-refractivity contribution in [3.8, 4) is 0 Å². The van der Waals surface area contributed by atoms with Crippen LogP contribution in [0.25, 0.3) is 0 Å². The number of carbonyl (C=O) groups is 3. The highest BCUT2D eigenvalue weighted by molar-refractivity contribution is 5.87. The van der Waals surface area contributed by atoms with Crippen LogP contribution in [0.2, 0.25) is 0 Å². The zero-order valence-corrected chi connectivity index (χ0v) is 10.9. The second-order valence-electron chi connectivity index (χ2n) is 5.10. The van der Waals surface area contributed by atoms with E-state index in [4.69, 9.17) is 4.74 Å². The van der Waals surface area contributed by atoms with E-state index in [0.717, 1.165) is 25.7 Å². The van der Waals surface area contributed by atoms with Crippen molar-refractivity contribution in [3.63, 3.8) is 0 Å². The minimum atomic E-state index is -0.450. The maximum Gasteiger partial charge on any atom is 0.308 e. The molecule has 1 saturated heterocycles. The average Bonchev–Trinajstić information content (AvgIpc) is 3.20. The van der Waals surface area contributed by atoms with E-state index in [9.17, 15) is 14.4 Å². The molecule has 1 aliphatic heterocycles. The van der Waals surface area contributed by atoms with Crippen molar-refractivity contribution in [3.05, 3.63) is 0 Å². The van der Waals surface area contributed by atoms with Crippen molar-refractivity contribution in [1.82, 2.24) is 10.6 Å². The Balaban J connectivity index is 1.62. The Hall–Kier alpha value is -1.59. The fraction of sp³-hybridized carbons (Fsp3) is 0.769. The molecule has 2 fully saturated rings. The van der Waals surface area contributed by atoms with Crippen LogP contribution in [0.5, 0.6) is 0 Å². The molecule has 2 amide bonds. The normalized spacial score (nSPS) is 23.2. The van der Waals surface area contributed by atoms with Gasteiger partial charge in [0.1, 0.15) is 12.6 Å². The van der Waals surface area contributed by atoms with Crippen LogP contribution < -0.4 is 10.6 Å². The summed E-state index contributed by atoms with van der Waals surface area (Å²) < 4.78 is 5.01. The molecule has 2 N–H and O–H groups in total. The molecular formula is C13H20N2O4. The van der Waals surface area contributed by atoms with Gasteiger partial charge in [-0.15, -0.1) is 0 Å². The Bertz CT molecular complexity index is 366. The molecule has 0 spiro atoms. The lowest BCUT2D eigenvalue weighted by atomic mass is 10.1. The number of esters is 1. The van der Waals surface area contributed by atoms with Gasteiger partial charge in [-0.05, 0) is 25.7 Å². The van der Waals surface area contributed by atoms with Crippen LogP contribution in [-0.2, 0) is 19.1 Å². The predicted molar refractivity (Wildman–Crippen MR) is 67.1 cm³/mol. The molecule has 19 heavy (non-hydrogen) atoms. The van der Waals surface area contributed by atoms with E-state index in [0.29, 0.717) is 19.4 Å². The molecule has 1 heterocycles. The number of hydrogen-bond donors (Lipinski definition) is 2. The third-order valence-corrected chi connectivity index (χ3v) is 3.35. The lowest BCUT2D eigenvalue weighted by molar-refractivity contribution is -0.145. The van der Waals surface area contributed by atoms with Gasteiger partial charge in [-0.2, -0.15) is 0 Å². The van der Waals surface area contributed by atoms with Gasteiger partial charge in [0.05, 0.1) is 12.5 Å². The largest absolute Gasteiger partial charge is 0.464 e. The van der Waals surface area contributed by atoms with Crippen LogP contribution in [0.3, 0.4) is 0 Å². The average molecular weight is 268 g/mol. The van der Waals surface area contributed by atoms with Crippen LogP contribution >= 0.6 is 0 Å². The van der Waals surface area contributed by atoms with Gasteiger partial charge in [-0.3, -0.25) is 14.4 Å². The van der Waals surface area contributed by atoms with Crippen molar-refractivity contribution in [1.29, 1.82) is 0 Å². The summed E-state index contributed by atoms with van der Waals surface area (Å²) in [5.41, 5.74) is 0. The Morgan fingerprint density at radius 2 is 2.05 bits per heavy atom. The molecule has 2 aliphatic rings. The molecule has 0 bridgehead atoms. The SMILES string of the molecule is O=C1CCCC[C@H](C(=O)NCCOC(=O)C2CC2)N1. The summed E-state index contributed by atoms with van der Waals surface area (Å²) in [6.45, 7) is 0.491. The Labute approximate surface area is 112 Å². The van der Waals surface area contributed by atoms with E-state index >= 15 is 0 Å². The first kappa shape index (κ1) is 13.8. The van der Waals surface area contributed by atoms with Crippen LogP contribution in [0.1, 0.15) is 38.5 Å². The first-order valence-corrected chi connectivity index (χ1v) is 6.90. The highest BCUT2D eigenvalue weighted by atomic mass is 16.5. The van der Waals surface area contributed by atoms with Crippen molar-refractivity contribution < 1.29 is 19.1 Å². The second kappa shape index (κ2) is 6.54. The maximum atomic E-state index is 11.8. The number of nitrogens with one attached hydrogen (secondary N) is 2. The zero-order valence-electron chi connectivity index (χ0n) is 10.9. The fourth-order valence-electron chi connectivity index (χ4n) is 2.06. The third-order valence-electron chi connectivity index (χ3n) is 3.35. The molecule has 0 aromatic rings. The van der Waals surface area contributed by atoms with Crippen molar-refractivity contribution >= 4 is 17.8 Å². The van der Waals surface area contributed by atoms with Gasteiger partial charge in [0, 0.05) is 6.42 Å². The van der Waals surface area contributed by atoms with E-state index in [1.165, 1.54) is 0 Å². The number of carbonyl (C=O) groups excluding carboxylic acids is 3. The number of hydrogen-bond acceptors (Lipinski definition) is 4. The summed E-state index contributed by atoms with van der Waals surface area (Å²) in [5.74, 6) is -0.357. The minimum Gasteiger partial charge on any atom is -0.464 e. The van der Waals surface area contributed by atoms with Crippen LogP contribution in [0, 0.1) is 5.92 Å². The van der Waals surface area contributed by atoms with Crippen LogP contribution in [0.15, 0.2) is 0 Å². The first-order chi connectivity index (χ1) is 9.16. The van der Waals surface area contributed by atoms with E-state index in [1.54, 1.807) is 0 Å². The highest BCUT2D eigenvalue weighted by Crippen LogP contribution is 2.29. The summed E-state index contributed by atoms with van der Waals surface area (Å²) >= 11 is 0. The maximum absolute atomic E-state index is 11.8. The number of amides is 2. The molecule has 0 aromatic heterocycles. The number of ether oxygens (including phenoxy) is 1. The van der Waals surface area contributed by atoms with E-state index in [-0.39, 0.29) is 30.3 Å². The second-order valence-corrected chi connectivity index (χ2v) is 5.10. The summed E-state index contributed by atoms with van der Waals surface area (Å²) in [7, 11) is 0. The summed E-state index contributed by atoms with van der Waals surface area (Å²) in [6.07, 6.45) is 4.68. The molecule has 2 rings (SSSR count). The summed E-state index contributed by atoms with van der Waals surface area (Å²) in [4.78, 5) is 34.4. The molecule has 106 valence electrons. The fourth-order valence-corrected chi connectivity index (χ4v) is 2.06. The lowest BCUT2D eigenvalue weighted by Gasteiger charge is -2.15. The van der Waals surface area contributed by atoms with Gasteiger partial charge in [0.2, 0.25) is 11.8 Å². The summed E-state index contributed by atoms with van der Waals surface area (Å²) in [5, 5.41) is 5.38. The Kier molecular flexibility index (Phi) is 4.76. The van der Waals surface area contributed by atoms with E-state index in [1.807, 2.05) is 0 Å². The molecule has 6 nitrogen and oxygen atoms in total. The van der Waals surface area contributed by atoms with Gasteiger partial charge in [-0.1, -0.05) is 6.42 Å². The van der Waals surface area contributed by atoms with Crippen molar-refractivity contribution in [2.75, 3.05) is 13.2 Å². The van der Waals surface area contributed by atoms with Gasteiger partial charge in [0.25, 0.3) is 0 Å². The molecular weight excluding hydrogens is 248 g/mol. The molecule has 6 heteroatoms. The van der Waals surface area contributed by atoms with E-state index < -0.39 is 6.04 Å². The smallest absolute Gasteiger partial charge is 0.308 e. The molecule has 0 aromatic carbocycles. The quantitative estimate of drug-likeness (QED) is 0.547. The standard InChI is InChI=1S/C13H20N2O4/c16-11-4-2-1-3-10(15-11)12(17)14-7-8-19-13(18)9-5-6-9/h9-10H,1-8H2,(H,14,17)(H,15,16)/t10-/m1/s1. The van der Waals surface area contributed by atoms with Gasteiger partial charge in [-0.25, -0.2) is 0 Å². The van der Waals surface area contributed by atoms with Gasteiger partial charge in [0.15, 0.2) is 0 Å². The zero-order chi connectivity index (χ0) is 13.7. The van der Waals surface area contributed by atoms with Crippen LogP contribution in [-0.4, -0.2) is 37.0 Å². The molecule has 1 saturated carbocycles. The van der Waals surface area contributed by atoms with E-state index in [2.05, 4.69) is 10.6 Å². The minimum absolute atomic E-state index is 0.0715. The molecule has 0 unspecified atom stereocenters. The highest BCUT2D eigenvalue weighted by Gasteiger charge is 2.31.